The SMILES string of the molecule is COC(=O)[C@@H]1CSCc2c(O)cc(O)c(C)c2C(=O)OCC(NC(=O)CCO)C(=O)N1. The smallest absolute Gasteiger partial charge is 0.339 e. The Morgan fingerprint density at radius 2 is 2.03 bits per heavy atom. The number of thioether (sulfide) groups is 1. The Kier molecular flexibility index (Phi) is 8.51. The molecule has 2 atom stereocenters. The zero-order valence-corrected chi connectivity index (χ0v) is 17.8. The largest absolute Gasteiger partial charge is 0.508 e. The second kappa shape index (κ2) is 10.9. The third-order valence-electron chi connectivity index (χ3n) is 4.55. The molecule has 2 rings (SSSR count). The maximum Gasteiger partial charge on any atom is 0.339 e. The van der Waals surface area contributed by atoms with Crippen LogP contribution in [0.2, 0.25) is 0 Å². The van der Waals surface area contributed by atoms with Gasteiger partial charge in [-0.15, -0.1) is 0 Å². The van der Waals surface area contributed by atoms with Gasteiger partial charge >= 0.3 is 11.9 Å². The molecule has 2 amide bonds. The number of carbonyl (C=O) groups excluding carboxylic acids is 4. The van der Waals surface area contributed by atoms with Gasteiger partial charge in [-0.3, -0.25) is 9.59 Å². The summed E-state index contributed by atoms with van der Waals surface area (Å²) in [7, 11) is 1.16. The summed E-state index contributed by atoms with van der Waals surface area (Å²) in [6, 6.07) is -1.32. The average molecular weight is 456 g/mol. The minimum atomic E-state index is -1.35. The van der Waals surface area contributed by atoms with Crippen molar-refractivity contribution in [1.82, 2.24) is 10.6 Å². The predicted molar refractivity (Wildman–Crippen MR) is 109 cm³/mol. The van der Waals surface area contributed by atoms with E-state index in [1.54, 1.807) is 0 Å². The molecule has 1 unspecified atom stereocenters. The molecule has 1 aliphatic rings. The summed E-state index contributed by atoms with van der Waals surface area (Å²) in [5, 5.41) is 33.9. The van der Waals surface area contributed by atoms with Crippen LogP contribution >= 0.6 is 11.8 Å². The lowest BCUT2D eigenvalue weighted by molar-refractivity contribution is -0.144. The lowest BCUT2D eigenvalue weighted by Crippen LogP contribution is -2.54. The van der Waals surface area contributed by atoms with Gasteiger partial charge in [0.1, 0.15) is 30.2 Å². The quantitative estimate of drug-likeness (QED) is 0.366. The second-order valence-electron chi connectivity index (χ2n) is 6.69. The molecular formula is C19H24N2O9S. The maximum atomic E-state index is 12.7. The number of phenols is 2. The molecule has 0 fully saturated rings. The summed E-state index contributed by atoms with van der Waals surface area (Å²) in [6.45, 7) is 0.431. The Hall–Kier alpha value is -2.99. The van der Waals surface area contributed by atoms with Gasteiger partial charge in [0, 0.05) is 35.1 Å². The Morgan fingerprint density at radius 3 is 2.68 bits per heavy atom. The van der Waals surface area contributed by atoms with Crippen molar-refractivity contribution in [2.45, 2.75) is 31.2 Å². The van der Waals surface area contributed by atoms with Crippen LogP contribution in [0.1, 0.15) is 27.9 Å². The van der Waals surface area contributed by atoms with Crippen LogP contribution in [0, 0.1) is 6.92 Å². The van der Waals surface area contributed by atoms with Gasteiger partial charge in [0.25, 0.3) is 0 Å². The molecule has 31 heavy (non-hydrogen) atoms. The first kappa shape index (κ1) is 24.3. The molecule has 0 spiro atoms. The Labute approximate surface area is 182 Å². The molecule has 0 radical (unpaired) electrons. The van der Waals surface area contributed by atoms with Gasteiger partial charge in [-0.1, -0.05) is 0 Å². The molecule has 1 aliphatic heterocycles. The number of rotatable bonds is 4. The molecule has 0 aromatic heterocycles. The monoisotopic (exact) mass is 456 g/mol. The number of fused-ring (bicyclic) bond motifs is 1. The molecule has 0 bridgehead atoms. The highest BCUT2D eigenvalue weighted by Gasteiger charge is 2.31. The Bertz CT molecular complexity index is 874. The summed E-state index contributed by atoms with van der Waals surface area (Å²) in [5.74, 6) is -3.59. The number of hydrogen-bond donors (Lipinski definition) is 5. The molecular weight excluding hydrogens is 432 g/mol. The number of aliphatic hydroxyl groups excluding tert-OH is 1. The normalized spacial score (nSPS) is 19.7. The van der Waals surface area contributed by atoms with Gasteiger partial charge in [0.15, 0.2) is 0 Å². The number of hydrogen-bond acceptors (Lipinski definition) is 10. The second-order valence-corrected chi connectivity index (χ2v) is 7.72. The van der Waals surface area contributed by atoms with Crippen LogP contribution < -0.4 is 10.6 Å². The van der Waals surface area contributed by atoms with Crippen molar-refractivity contribution in [3.05, 3.63) is 22.8 Å². The third kappa shape index (κ3) is 6.01. The number of phenolic OH excluding ortho intramolecular Hbond substituents is 2. The molecule has 11 nitrogen and oxygen atoms in total. The van der Waals surface area contributed by atoms with E-state index in [1.165, 1.54) is 6.92 Å². The van der Waals surface area contributed by atoms with Crippen molar-refractivity contribution in [3.63, 3.8) is 0 Å². The number of aromatic hydroxyl groups is 2. The van der Waals surface area contributed by atoms with Crippen LogP contribution in [0.4, 0.5) is 0 Å². The highest BCUT2D eigenvalue weighted by atomic mass is 32.2. The zero-order valence-electron chi connectivity index (χ0n) is 17.0. The van der Waals surface area contributed by atoms with Crippen LogP contribution in [0.5, 0.6) is 11.5 Å². The highest BCUT2D eigenvalue weighted by molar-refractivity contribution is 7.98. The third-order valence-corrected chi connectivity index (χ3v) is 5.61. The van der Waals surface area contributed by atoms with Crippen molar-refractivity contribution >= 4 is 35.5 Å². The van der Waals surface area contributed by atoms with Gasteiger partial charge in [0.05, 0.1) is 19.3 Å². The van der Waals surface area contributed by atoms with Gasteiger partial charge < -0.3 is 35.4 Å². The van der Waals surface area contributed by atoms with Gasteiger partial charge in [0.2, 0.25) is 11.8 Å². The lowest BCUT2D eigenvalue weighted by atomic mass is 10.0. The number of amides is 2. The van der Waals surface area contributed by atoms with Crippen LogP contribution in [-0.4, -0.2) is 77.2 Å². The van der Waals surface area contributed by atoms with E-state index in [0.717, 1.165) is 24.9 Å². The van der Waals surface area contributed by atoms with Crippen LogP contribution in [0.25, 0.3) is 0 Å². The van der Waals surface area contributed by atoms with Crippen LogP contribution in [0.15, 0.2) is 6.07 Å². The van der Waals surface area contributed by atoms with Crippen molar-refractivity contribution in [2.24, 2.45) is 0 Å². The summed E-state index contributed by atoms with van der Waals surface area (Å²) >= 11 is 1.13. The first-order chi connectivity index (χ1) is 14.7. The number of cyclic esters (lactones) is 1. The lowest BCUT2D eigenvalue weighted by Gasteiger charge is -2.24. The number of methoxy groups -OCH3 is 1. The predicted octanol–water partition coefficient (Wildman–Crippen LogP) is -0.665. The zero-order chi connectivity index (χ0) is 23.1. The van der Waals surface area contributed by atoms with E-state index in [2.05, 4.69) is 10.6 Å². The van der Waals surface area contributed by atoms with Crippen LogP contribution in [-0.2, 0) is 29.6 Å². The van der Waals surface area contributed by atoms with Gasteiger partial charge in [-0.25, -0.2) is 9.59 Å². The molecule has 170 valence electrons. The number of carbonyl (C=O) groups is 4. The van der Waals surface area contributed by atoms with E-state index in [1.807, 2.05) is 0 Å². The summed E-state index contributed by atoms with van der Waals surface area (Å²) in [6.07, 6.45) is -0.280. The van der Waals surface area contributed by atoms with Crippen molar-refractivity contribution in [1.29, 1.82) is 0 Å². The minimum absolute atomic E-state index is 0.0452. The van der Waals surface area contributed by atoms with Crippen molar-refractivity contribution in [3.8, 4) is 11.5 Å². The van der Waals surface area contributed by atoms with Gasteiger partial charge in [-0.2, -0.15) is 11.8 Å². The molecule has 0 saturated carbocycles. The first-order valence-corrected chi connectivity index (χ1v) is 10.4. The number of aliphatic hydroxyl groups is 1. The number of benzene rings is 1. The average Bonchev–Trinajstić information content (AvgIpc) is 2.72. The molecule has 1 aromatic rings. The molecule has 1 aromatic carbocycles. The maximum absolute atomic E-state index is 12.7. The van der Waals surface area contributed by atoms with Gasteiger partial charge in [-0.05, 0) is 6.92 Å². The number of nitrogens with one attached hydrogen (secondary N) is 2. The summed E-state index contributed by atoms with van der Waals surface area (Å²) in [5.41, 5.74) is 0.299. The molecule has 0 saturated heterocycles. The topological polar surface area (TPSA) is 171 Å². The Morgan fingerprint density at radius 1 is 1.32 bits per heavy atom. The van der Waals surface area contributed by atoms with Crippen LogP contribution in [0.3, 0.4) is 0 Å². The molecule has 5 N–H and O–H groups in total. The fourth-order valence-corrected chi connectivity index (χ4v) is 3.94. The number of esters is 2. The molecule has 12 heteroatoms. The van der Waals surface area contributed by atoms with E-state index in [-0.39, 0.29) is 46.1 Å². The van der Waals surface area contributed by atoms with E-state index < -0.39 is 49.1 Å². The standard InChI is InChI=1S/C19H24N2O9S/c1-9-13(23)5-14(24)10-7-31-8-12(18(27)29-2)21-17(26)11(20-15(25)3-4-22)6-30-19(28)16(9)10/h5,11-12,22-24H,3-4,6-8H2,1-2H3,(H,20,25)(H,21,26)/t11?,12-/m0/s1. The summed E-state index contributed by atoms with van der Waals surface area (Å²) < 4.78 is 9.90. The molecule has 0 aliphatic carbocycles. The van der Waals surface area contributed by atoms with E-state index in [9.17, 15) is 29.4 Å². The van der Waals surface area contributed by atoms with E-state index in [0.29, 0.717) is 0 Å². The fourth-order valence-electron chi connectivity index (χ4n) is 2.87. The minimum Gasteiger partial charge on any atom is -0.508 e. The number of ether oxygens (including phenoxy) is 2. The van der Waals surface area contributed by atoms with Crippen molar-refractivity contribution in [2.75, 3.05) is 26.1 Å². The highest BCUT2D eigenvalue weighted by Crippen LogP contribution is 2.35. The molecule has 1 heterocycles. The fraction of sp³-hybridized carbons (Fsp3) is 0.474. The first-order valence-electron chi connectivity index (χ1n) is 9.27. The van der Waals surface area contributed by atoms with E-state index >= 15 is 0 Å². The summed E-state index contributed by atoms with van der Waals surface area (Å²) in [4.78, 5) is 49.3. The van der Waals surface area contributed by atoms with E-state index in [4.69, 9.17) is 14.6 Å². The Balaban J connectivity index is 2.43. The van der Waals surface area contributed by atoms with Crippen molar-refractivity contribution < 1.29 is 44.0 Å².